The van der Waals surface area contributed by atoms with E-state index < -0.39 is 0 Å². The summed E-state index contributed by atoms with van der Waals surface area (Å²) in [5.41, 5.74) is 0.167. The molecule has 36 valence electrons. The van der Waals surface area contributed by atoms with Gasteiger partial charge in [-0.05, 0) is 5.41 Å². The van der Waals surface area contributed by atoms with Crippen LogP contribution in [-0.2, 0) is 0 Å². The van der Waals surface area contributed by atoms with Crippen LogP contribution < -0.4 is 0 Å². The molecule has 6 heavy (non-hydrogen) atoms. The molecule has 1 unspecified atom stereocenters. The third kappa shape index (κ3) is 4.06. The third-order valence-electron chi connectivity index (χ3n) is 0.866. The fraction of sp³-hybridized carbons (Fsp3) is 1.00. The molecule has 0 spiro atoms. The monoisotopic (exact) mass is 85.1 g/mol. The molecule has 1 heteroatoms. The van der Waals surface area contributed by atoms with Crippen LogP contribution in [0.1, 0.15) is 22.1 Å². The van der Waals surface area contributed by atoms with Crippen LogP contribution in [0, 0.1) is 5.41 Å². The lowest BCUT2D eigenvalue weighted by Crippen LogP contribution is -2.01. The van der Waals surface area contributed by atoms with Gasteiger partial charge in [0.25, 0.3) is 0 Å². The van der Waals surface area contributed by atoms with Crippen molar-refractivity contribution in [3.63, 3.8) is 0 Å². The molecule has 0 saturated heterocycles. The van der Waals surface area contributed by atoms with Gasteiger partial charge in [0, 0.05) is 1.37 Å². The van der Waals surface area contributed by atoms with Crippen molar-refractivity contribution in [1.82, 2.24) is 0 Å². The molecule has 0 N–H and O–H groups in total. The van der Waals surface area contributed by atoms with E-state index >= 15 is 0 Å². The van der Waals surface area contributed by atoms with Crippen molar-refractivity contribution in [1.29, 1.82) is 0 Å². The Morgan fingerprint density at radius 1 is 1.67 bits per heavy atom. The van der Waals surface area contributed by atoms with Crippen molar-refractivity contribution in [2.75, 3.05) is 0 Å². The summed E-state index contributed by atoms with van der Waals surface area (Å²) in [6, 6.07) is 0. The molecule has 0 saturated carbocycles. The average Bonchev–Trinajstić information content (AvgIpc) is 1.31. The molecule has 0 aliphatic rings. The molecule has 0 heterocycles. The van der Waals surface area contributed by atoms with E-state index in [4.69, 9.17) is 1.37 Å². The highest BCUT2D eigenvalue weighted by Crippen LogP contribution is 2.15. The zero-order valence-electron chi connectivity index (χ0n) is 6.08. The van der Waals surface area contributed by atoms with Crippen LogP contribution in [0.4, 0.5) is 0 Å². The highest BCUT2D eigenvalue weighted by Gasteiger charge is 2.03. The zero-order chi connectivity index (χ0) is 6.08. The Hall–Kier alpha value is 0.0649. The van der Waals surface area contributed by atoms with Crippen LogP contribution in [0.25, 0.3) is 0 Å². The van der Waals surface area contributed by atoms with Gasteiger partial charge in [0.15, 0.2) is 0 Å². The van der Waals surface area contributed by atoms with Crippen LogP contribution in [0.15, 0.2) is 0 Å². The smallest absolute Gasteiger partial charge is 0.0763 e. The topological polar surface area (TPSA) is 0 Å². The Balaban J connectivity index is 3.54. The molecule has 0 rings (SSSR count). The van der Waals surface area contributed by atoms with Gasteiger partial charge in [-0.15, -0.1) is 0 Å². The number of hydrogen-bond acceptors (Lipinski definition) is 0. The fourth-order valence-electron chi connectivity index (χ4n) is 0. The molecule has 0 nitrogen and oxygen atoms in total. The molecular weight excluding hydrogens is 70.9 g/mol. The summed E-state index contributed by atoms with van der Waals surface area (Å²) in [4.78, 5) is 0. The number of hydrogen-bond donors (Lipinski definition) is 0. The molecule has 0 fully saturated rings. The van der Waals surface area contributed by atoms with Crippen molar-refractivity contribution >= 4 is 7.85 Å². The Kier molecular flexibility index (Phi) is 1.18. The van der Waals surface area contributed by atoms with Crippen LogP contribution >= 0.6 is 0 Å². The predicted molar refractivity (Wildman–Crippen MR) is 32.8 cm³/mol. The van der Waals surface area contributed by atoms with Crippen LogP contribution in [0.3, 0.4) is 0 Å². The second-order valence-corrected chi connectivity index (χ2v) is 2.65. The van der Waals surface area contributed by atoms with E-state index in [1.165, 1.54) is 0 Å². The SMILES string of the molecule is [2H]C(B)C(C)(C)C. The van der Waals surface area contributed by atoms with Gasteiger partial charge in [0.1, 0.15) is 7.85 Å². The summed E-state index contributed by atoms with van der Waals surface area (Å²) in [7, 11) is 1.92. The third-order valence-corrected chi connectivity index (χ3v) is 0.866. The number of rotatable bonds is 0. The largest absolute Gasteiger partial charge is 0.102 e. The van der Waals surface area contributed by atoms with Crippen LogP contribution in [0.5, 0.6) is 0 Å². The van der Waals surface area contributed by atoms with Gasteiger partial charge in [-0.3, -0.25) is 0 Å². The minimum Gasteiger partial charge on any atom is -0.0763 e. The molecule has 1 atom stereocenters. The Morgan fingerprint density at radius 3 is 1.83 bits per heavy atom. The first-order valence-corrected chi connectivity index (χ1v) is 2.37. The summed E-state index contributed by atoms with van der Waals surface area (Å²) >= 11 is 0. The molecule has 0 aromatic rings. The quantitative estimate of drug-likeness (QED) is 0.386. The fourth-order valence-corrected chi connectivity index (χ4v) is 0. The second-order valence-electron chi connectivity index (χ2n) is 2.65. The van der Waals surface area contributed by atoms with Crippen molar-refractivity contribution in [3.05, 3.63) is 0 Å². The highest BCUT2D eigenvalue weighted by molar-refractivity contribution is 6.08. The minimum absolute atomic E-state index is 0.0486. The molecule has 0 aliphatic carbocycles. The average molecular weight is 85.0 g/mol. The van der Waals surface area contributed by atoms with Crippen molar-refractivity contribution in [3.8, 4) is 0 Å². The molecule has 0 aromatic heterocycles. The lowest BCUT2D eigenvalue weighted by Gasteiger charge is -2.12. The summed E-state index contributed by atoms with van der Waals surface area (Å²) < 4.78 is 7.23. The first-order valence-electron chi connectivity index (χ1n) is 2.94. The van der Waals surface area contributed by atoms with E-state index in [9.17, 15) is 0 Å². The van der Waals surface area contributed by atoms with Gasteiger partial charge >= 0.3 is 0 Å². The van der Waals surface area contributed by atoms with E-state index in [1.807, 2.05) is 7.85 Å². The molecular formula is C5H13B. The van der Waals surface area contributed by atoms with Crippen molar-refractivity contribution < 1.29 is 1.37 Å². The maximum absolute atomic E-state index is 7.23. The standard InChI is InChI=1S/C5H13B/c1-5(2,3)4-6/h4,6H2,1-3H3/i4D. The molecule has 0 radical (unpaired) electrons. The summed E-state index contributed by atoms with van der Waals surface area (Å²) in [6.07, 6.45) is 0.0486. The maximum Gasteiger partial charge on any atom is 0.102 e. The Morgan fingerprint density at radius 2 is 1.83 bits per heavy atom. The van der Waals surface area contributed by atoms with Gasteiger partial charge in [-0.25, -0.2) is 0 Å². The van der Waals surface area contributed by atoms with Crippen LogP contribution in [-0.4, -0.2) is 7.85 Å². The maximum atomic E-state index is 7.23. The second kappa shape index (κ2) is 1.68. The molecule has 0 bridgehead atoms. The van der Waals surface area contributed by atoms with Crippen LogP contribution in [0.2, 0.25) is 6.30 Å². The van der Waals surface area contributed by atoms with Gasteiger partial charge in [0.2, 0.25) is 0 Å². The summed E-state index contributed by atoms with van der Waals surface area (Å²) in [6.45, 7) is 6.22. The van der Waals surface area contributed by atoms with Gasteiger partial charge in [-0.1, -0.05) is 27.1 Å². The Bertz CT molecular complexity index is 53.6. The van der Waals surface area contributed by atoms with E-state index in [0.29, 0.717) is 0 Å². The highest BCUT2D eigenvalue weighted by atomic mass is 14.1. The zero-order valence-corrected chi connectivity index (χ0v) is 5.08. The lowest BCUT2D eigenvalue weighted by atomic mass is 9.81. The van der Waals surface area contributed by atoms with E-state index in [1.54, 1.807) is 0 Å². The van der Waals surface area contributed by atoms with Gasteiger partial charge in [0.05, 0.1) is 0 Å². The normalized spacial score (nSPS) is 19.5. The van der Waals surface area contributed by atoms with Crippen molar-refractivity contribution in [2.24, 2.45) is 5.41 Å². The summed E-state index contributed by atoms with van der Waals surface area (Å²) in [5.74, 6) is 0. The molecule has 0 aliphatic heterocycles. The van der Waals surface area contributed by atoms with Gasteiger partial charge < -0.3 is 0 Å². The van der Waals surface area contributed by atoms with E-state index in [2.05, 4.69) is 20.8 Å². The first-order chi connectivity index (χ1) is 2.94. The van der Waals surface area contributed by atoms with E-state index in [-0.39, 0.29) is 11.7 Å². The molecule has 0 aromatic carbocycles. The predicted octanol–water partition coefficient (Wildman–Crippen LogP) is 1.08. The first kappa shape index (κ1) is 4.23. The lowest BCUT2D eigenvalue weighted by molar-refractivity contribution is 0.469. The Labute approximate surface area is 42.8 Å². The molecule has 0 amide bonds. The summed E-state index contributed by atoms with van der Waals surface area (Å²) in [5, 5.41) is 0. The van der Waals surface area contributed by atoms with Crippen molar-refractivity contribution in [2.45, 2.75) is 27.1 Å². The van der Waals surface area contributed by atoms with Gasteiger partial charge in [-0.2, -0.15) is 0 Å². The minimum atomic E-state index is 0.0486. The van der Waals surface area contributed by atoms with E-state index in [0.717, 1.165) is 0 Å².